The Morgan fingerprint density at radius 2 is 2.00 bits per heavy atom. The molecular weight excluding hydrogens is 324 g/mol. The van der Waals surface area contributed by atoms with Crippen LogP contribution in [0.1, 0.15) is 5.56 Å². The first-order valence-corrected chi connectivity index (χ1v) is 6.00. The third-order valence-corrected chi connectivity index (χ3v) is 2.99. The summed E-state index contributed by atoms with van der Waals surface area (Å²) in [5, 5.41) is 14.1. The van der Waals surface area contributed by atoms with Gasteiger partial charge in [0.15, 0.2) is 0 Å². The van der Waals surface area contributed by atoms with Crippen molar-refractivity contribution in [2.24, 2.45) is 0 Å². The second-order valence-corrected chi connectivity index (χ2v) is 4.68. The van der Waals surface area contributed by atoms with Gasteiger partial charge in [-0.15, -0.1) is 0 Å². The van der Waals surface area contributed by atoms with E-state index in [1.807, 2.05) is 0 Å². The van der Waals surface area contributed by atoms with Gasteiger partial charge in [-0.2, -0.15) is 13.5 Å². The van der Waals surface area contributed by atoms with Gasteiger partial charge in [-0.25, -0.2) is 0 Å². The second kappa shape index (κ2) is 5.04. The van der Waals surface area contributed by atoms with Crippen molar-refractivity contribution in [2.45, 2.75) is 12.5 Å². The molecule has 0 saturated carbocycles. The minimum Gasteiger partial charge on any atom is -0.358 e. The van der Waals surface area contributed by atoms with Crippen LogP contribution in [-0.2, 0) is 12.5 Å². The van der Waals surface area contributed by atoms with E-state index < -0.39 is 23.2 Å². The van der Waals surface area contributed by atoms with Crippen LogP contribution in [0, 0.1) is 10.1 Å². The summed E-state index contributed by atoms with van der Waals surface area (Å²) in [6.45, 7) is -0.760. The van der Waals surface area contributed by atoms with Crippen LogP contribution in [0.3, 0.4) is 0 Å². The Kier molecular flexibility index (Phi) is 3.61. The normalized spacial score (nSPS) is 11.5. The number of benzene rings is 1. The fraction of sp³-hybridized carbons (Fsp3) is 0.182. The Morgan fingerprint density at radius 1 is 1.37 bits per heavy atom. The summed E-state index contributed by atoms with van der Waals surface area (Å²) < 4.78 is 28.8. The van der Waals surface area contributed by atoms with Gasteiger partial charge in [0, 0.05) is 5.56 Å². The highest BCUT2D eigenvalue weighted by Crippen LogP contribution is 2.31. The maximum absolute atomic E-state index is 13.9. The first-order chi connectivity index (χ1) is 8.90. The highest BCUT2D eigenvalue weighted by atomic mass is 79.9. The molecule has 0 aliphatic heterocycles. The standard InChI is InChI=1S/C11H8BrF2N3O2/c12-9-6-16(15-10(9)17(18)19)7-11(13,14)8-4-2-1-3-5-8/h1-6H,7H2. The number of nitro groups is 1. The van der Waals surface area contributed by atoms with E-state index in [2.05, 4.69) is 21.0 Å². The summed E-state index contributed by atoms with van der Waals surface area (Å²) >= 11 is 2.91. The maximum Gasteiger partial charge on any atom is 0.404 e. The molecule has 100 valence electrons. The number of halogens is 3. The number of nitrogens with zero attached hydrogens (tertiary/aromatic N) is 3. The summed E-state index contributed by atoms with van der Waals surface area (Å²) in [7, 11) is 0. The second-order valence-electron chi connectivity index (χ2n) is 3.83. The molecule has 5 nitrogen and oxygen atoms in total. The van der Waals surface area contributed by atoms with Crippen molar-refractivity contribution in [2.75, 3.05) is 0 Å². The van der Waals surface area contributed by atoms with Crippen molar-refractivity contribution in [3.05, 3.63) is 56.7 Å². The Bertz CT molecular complexity index is 601. The molecule has 2 rings (SSSR count). The lowest BCUT2D eigenvalue weighted by Gasteiger charge is -2.14. The molecular formula is C11H8BrF2N3O2. The van der Waals surface area contributed by atoms with E-state index >= 15 is 0 Å². The molecule has 0 aliphatic carbocycles. The van der Waals surface area contributed by atoms with Gasteiger partial charge in [-0.3, -0.25) is 0 Å². The molecule has 0 spiro atoms. The summed E-state index contributed by atoms with van der Waals surface area (Å²) in [5.74, 6) is -3.63. The van der Waals surface area contributed by atoms with Gasteiger partial charge in [0.2, 0.25) is 0 Å². The van der Waals surface area contributed by atoms with Crippen molar-refractivity contribution >= 4 is 21.7 Å². The van der Waals surface area contributed by atoms with Crippen LogP contribution in [0.5, 0.6) is 0 Å². The van der Waals surface area contributed by atoms with E-state index in [1.54, 1.807) is 6.07 Å². The average Bonchev–Trinajstić information content (AvgIpc) is 2.71. The minimum atomic E-state index is -3.15. The van der Waals surface area contributed by atoms with E-state index in [0.717, 1.165) is 10.9 Å². The topological polar surface area (TPSA) is 61.0 Å². The van der Waals surface area contributed by atoms with Crippen molar-refractivity contribution in [1.29, 1.82) is 0 Å². The quantitative estimate of drug-likeness (QED) is 0.637. The van der Waals surface area contributed by atoms with Crippen molar-refractivity contribution in [1.82, 2.24) is 9.78 Å². The molecule has 0 amide bonds. The largest absolute Gasteiger partial charge is 0.404 e. The highest BCUT2D eigenvalue weighted by Gasteiger charge is 2.34. The van der Waals surface area contributed by atoms with E-state index in [1.165, 1.54) is 24.3 Å². The first-order valence-electron chi connectivity index (χ1n) is 5.21. The molecule has 1 heterocycles. The van der Waals surface area contributed by atoms with Crippen LogP contribution in [0.2, 0.25) is 0 Å². The van der Waals surface area contributed by atoms with E-state index in [9.17, 15) is 18.9 Å². The van der Waals surface area contributed by atoms with E-state index in [-0.39, 0.29) is 10.0 Å². The van der Waals surface area contributed by atoms with Gasteiger partial charge in [0.05, 0.1) is 11.3 Å². The summed E-state index contributed by atoms with van der Waals surface area (Å²) in [6.07, 6.45) is 1.16. The van der Waals surface area contributed by atoms with Gasteiger partial charge in [-0.1, -0.05) is 30.3 Å². The van der Waals surface area contributed by atoms with Crippen LogP contribution in [0.15, 0.2) is 41.0 Å². The van der Waals surface area contributed by atoms with Crippen molar-refractivity contribution < 1.29 is 13.7 Å². The Hall–Kier alpha value is -1.83. The van der Waals surface area contributed by atoms with Crippen molar-refractivity contribution in [3.63, 3.8) is 0 Å². The zero-order valence-corrected chi connectivity index (χ0v) is 11.0. The first kappa shape index (κ1) is 13.6. The number of aromatic nitrogens is 2. The van der Waals surface area contributed by atoms with Gasteiger partial charge in [-0.05, 0) is 20.9 Å². The minimum absolute atomic E-state index is 0.0707. The summed E-state index contributed by atoms with van der Waals surface area (Å²) in [4.78, 5) is 9.85. The lowest BCUT2D eigenvalue weighted by Crippen LogP contribution is -2.21. The number of rotatable bonds is 4. The number of hydrogen-bond acceptors (Lipinski definition) is 3. The SMILES string of the molecule is O=[N+]([O-])c1nn(CC(F)(F)c2ccccc2)cc1Br. The van der Waals surface area contributed by atoms with Crippen LogP contribution in [0.25, 0.3) is 0 Å². The number of alkyl halides is 2. The van der Waals surface area contributed by atoms with Crippen LogP contribution in [0.4, 0.5) is 14.6 Å². The summed E-state index contributed by atoms with van der Waals surface area (Å²) in [6, 6.07) is 7.24. The fourth-order valence-corrected chi connectivity index (χ4v) is 2.03. The smallest absolute Gasteiger partial charge is 0.358 e. The molecule has 0 radical (unpaired) electrons. The van der Waals surface area contributed by atoms with Crippen LogP contribution < -0.4 is 0 Å². The monoisotopic (exact) mass is 331 g/mol. The molecule has 0 fully saturated rings. The fourth-order valence-electron chi connectivity index (χ4n) is 1.57. The zero-order valence-electron chi connectivity index (χ0n) is 9.46. The molecule has 2 aromatic rings. The molecule has 0 unspecified atom stereocenters. The third kappa shape index (κ3) is 2.95. The lowest BCUT2D eigenvalue weighted by atomic mass is 10.1. The Balaban J connectivity index is 2.26. The molecule has 0 atom stereocenters. The lowest BCUT2D eigenvalue weighted by molar-refractivity contribution is -0.390. The Morgan fingerprint density at radius 3 is 2.53 bits per heavy atom. The molecule has 0 bridgehead atoms. The van der Waals surface area contributed by atoms with Gasteiger partial charge in [0.1, 0.15) is 11.0 Å². The molecule has 19 heavy (non-hydrogen) atoms. The third-order valence-electron chi connectivity index (χ3n) is 2.43. The molecule has 1 aromatic heterocycles. The number of hydrogen-bond donors (Lipinski definition) is 0. The van der Waals surface area contributed by atoms with Gasteiger partial charge >= 0.3 is 5.82 Å². The van der Waals surface area contributed by atoms with E-state index in [4.69, 9.17) is 0 Å². The molecule has 0 N–H and O–H groups in total. The predicted octanol–water partition coefficient (Wildman–Crippen LogP) is 3.35. The van der Waals surface area contributed by atoms with Gasteiger partial charge < -0.3 is 10.1 Å². The van der Waals surface area contributed by atoms with Crippen LogP contribution >= 0.6 is 15.9 Å². The highest BCUT2D eigenvalue weighted by molar-refractivity contribution is 9.10. The zero-order chi connectivity index (χ0) is 14.0. The molecule has 8 heteroatoms. The maximum atomic E-state index is 13.9. The van der Waals surface area contributed by atoms with Crippen molar-refractivity contribution in [3.8, 4) is 0 Å². The Labute approximate surface area is 115 Å². The van der Waals surface area contributed by atoms with E-state index in [0.29, 0.717) is 0 Å². The predicted molar refractivity (Wildman–Crippen MR) is 66.9 cm³/mol. The summed E-state index contributed by atoms with van der Waals surface area (Å²) in [5.41, 5.74) is -0.163. The van der Waals surface area contributed by atoms with Gasteiger partial charge in [0.25, 0.3) is 5.92 Å². The molecule has 1 aromatic carbocycles. The van der Waals surface area contributed by atoms with Crippen LogP contribution in [-0.4, -0.2) is 14.7 Å². The average molecular weight is 332 g/mol. The molecule has 0 saturated heterocycles. The molecule has 0 aliphatic rings.